The molecular formula is C17H19NO2. The van der Waals surface area contributed by atoms with Gasteiger partial charge in [-0.15, -0.1) is 0 Å². The molecule has 0 saturated carbocycles. The molecule has 1 unspecified atom stereocenters. The minimum Gasteiger partial charge on any atom is -0.497 e. The van der Waals surface area contributed by atoms with Crippen LogP contribution in [0.4, 0.5) is 5.69 Å². The van der Waals surface area contributed by atoms with E-state index in [9.17, 15) is 5.11 Å². The van der Waals surface area contributed by atoms with Crippen molar-refractivity contribution in [2.75, 3.05) is 19.0 Å². The first-order valence-corrected chi connectivity index (χ1v) is 6.89. The van der Waals surface area contributed by atoms with E-state index in [0.29, 0.717) is 0 Å². The molecule has 3 rings (SSSR count). The maximum atomic E-state index is 9.98. The number of ether oxygens (including phenoxy) is 1. The first-order valence-electron chi connectivity index (χ1n) is 6.89. The summed E-state index contributed by atoms with van der Waals surface area (Å²) in [6.45, 7) is 0.0715. The topological polar surface area (TPSA) is 41.5 Å². The summed E-state index contributed by atoms with van der Waals surface area (Å²) in [5.74, 6) is 0.832. The Bertz CT molecular complexity index is 597. The first-order chi connectivity index (χ1) is 9.77. The fraction of sp³-hybridized carbons (Fsp3) is 0.294. The van der Waals surface area contributed by atoms with Crippen LogP contribution in [0.15, 0.2) is 48.5 Å². The molecule has 0 heterocycles. The predicted octanol–water partition coefficient (Wildman–Crippen LogP) is 2.94. The maximum absolute atomic E-state index is 9.98. The van der Waals surface area contributed by atoms with E-state index in [1.54, 1.807) is 7.11 Å². The molecule has 0 aromatic heterocycles. The van der Waals surface area contributed by atoms with Gasteiger partial charge < -0.3 is 15.2 Å². The molecule has 0 spiro atoms. The third-order valence-corrected chi connectivity index (χ3v) is 4.08. The monoisotopic (exact) mass is 269 g/mol. The lowest BCUT2D eigenvalue weighted by Crippen LogP contribution is -2.36. The zero-order valence-corrected chi connectivity index (χ0v) is 11.6. The van der Waals surface area contributed by atoms with Crippen molar-refractivity contribution >= 4 is 5.69 Å². The number of aryl methyl sites for hydroxylation is 1. The van der Waals surface area contributed by atoms with Crippen LogP contribution in [0.2, 0.25) is 0 Å². The highest BCUT2D eigenvalue weighted by Crippen LogP contribution is 2.40. The number of aliphatic hydroxyl groups excluding tert-OH is 1. The predicted molar refractivity (Wildman–Crippen MR) is 80.1 cm³/mol. The number of anilines is 1. The number of hydrogen-bond donors (Lipinski definition) is 2. The van der Waals surface area contributed by atoms with Gasteiger partial charge in [-0.25, -0.2) is 0 Å². The lowest BCUT2D eigenvalue weighted by Gasteiger charge is -2.31. The van der Waals surface area contributed by atoms with Crippen LogP contribution in [0.1, 0.15) is 17.5 Å². The summed E-state index contributed by atoms with van der Waals surface area (Å²) in [4.78, 5) is 0. The third-order valence-electron chi connectivity index (χ3n) is 4.08. The maximum Gasteiger partial charge on any atom is 0.119 e. The van der Waals surface area contributed by atoms with Gasteiger partial charge >= 0.3 is 0 Å². The summed E-state index contributed by atoms with van der Waals surface area (Å²) in [6.07, 6.45) is 1.86. The van der Waals surface area contributed by atoms with Gasteiger partial charge in [-0.3, -0.25) is 0 Å². The van der Waals surface area contributed by atoms with E-state index in [0.717, 1.165) is 29.8 Å². The number of hydrogen-bond acceptors (Lipinski definition) is 3. The zero-order chi connectivity index (χ0) is 14.0. The van der Waals surface area contributed by atoms with Crippen LogP contribution < -0.4 is 10.1 Å². The summed E-state index contributed by atoms with van der Waals surface area (Å²) in [6, 6.07) is 16.1. The van der Waals surface area contributed by atoms with Crippen LogP contribution in [0.5, 0.6) is 5.75 Å². The average molecular weight is 269 g/mol. The van der Waals surface area contributed by atoms with Crippen molar-refractivity contribution < 1.29 is 9.84 Å². The second-order valence-electron chi connectivity index (χ2n) is 5.25. The van der Waals surface area contributed by atoms with Gasteiger partial charge in [0.15, 0.2) is 0 Å². The molecule has 3 nitrogen and oxygen atoms in total. The van der Waals surface area contributed by atoms with Crippen LogP contribution in [-0.4, -0.2) is 18.8 Å². The molecule has 20 heavy (non-hydrogen) atoms. The van der Waals surface area contributed by atoms with Crippen molar-refractivity contribution in [2.45, 2.75) is 18.4 Å². The molecule has 2 aromatic carbocycles. The largest absolute Gasteiger partial charge is 0.497 e. The van der Waals surface area contributed by atoms with Crippen molar-refractivity contribution in [1.29, 1.82) is 0 Å². The summed E-state index contributed by atoms with van der Waals surface area (Å²) < 4.78 is 5.32. The third kappa shape index (κ3) is 2.14. The minimum atomic E-state index is -0.411. The van der Waals surface area contributed by atoms with Crippen LogP contribution >= 0.6 is 0 Å². The normalized spacial score (nSPS) is 20.5. The van der Waals surface area contributed by atoms with Crippen molar-refractivity contribution in [3.8, 4) is 5.75 Å². The molecule has 0 amide bonds. The molecule has 0 bridgehead atoms. The van der Waals surface area contributed by atoms with E-state index in [-0.39, 0.29) is 6.61 Å². The Balaban J connectivity index is 2.00. The molecule has 0 saturated heterocycles. The highest BCUT2D eigenvalue weighted by molar-refractivity contribution is 5.53. The lowest BCUT2D eigenvalue weighted by atomic mass is 9.92. The Morgan fingerprint density at radius 3 is 2.70 bits per heavy atom. The van der Waals surface area contributed by atoms with Gasteiger partial charge in [-0.1, -0.05) is 24.3 Å². The van der Waals surface area contributed by atoms with Crippen molar-refractivity contribution in [2.24, 2.45) is 0 Å². The number of nitrogens with one attached hydrogen (secondary N) is 1. The van der Waals surface area contributed by atoms with Crippen LogP contribution in [0, 0.1) is 0 Å². The fourth-order valence-corrected chi connectivity index (χ4v) is 2.96. The highest BCUT2D eigenvalue weighted by atomic mass is 16.5. The number of rotatable bonds is 4. The Labute approximate surface area is 119 Å². The molecule has 2 N–H and O–H groups in total. The molecule has 0 radical (unpaired) electrons. The molecular weight excluding hydrogens is 250 g/mol. The van der Waals surface area contributed by atoms with Crippen molar-refractivity contribution in [3.05, 3.63) is 59.7 Å². The Morgan fingerprint density at radius 1 is 1.20 bits per heavy atom. The van der Waals surface area contributed by atoms with Gasteiger partial charge in [0.25, 0.3) is 0 Å². The van der Waals surface area contributed by atoms with Crippen LogP contribution in [0.25, 0.3) is 0 Å². The van der Waals surface area contributed by atoms with Crippen LogP contribution in [-0.2, 0) is 12.0 Å². The second-order valence-corrected chi connectivity index (χ2v) is 5.25. The quantitative estimate of drug-likeness (QED) is 0.896. The van der Waals surface area contributed by atoms with E-state index >= 15 is 0 Å². The standard InChI is InChI=1S/C17H19NO2/c1-20-15-8-7-13-9-10-17(12-19,16(13)11-15)18-14-5-3-2-4-6-14/h2-8,11,18-19H,9-10,12H2,1H3. The number of benzene rings is 2. The van der Waals surface area contributed by atoms with Crippen molar-refractivity contribution in [1.82, 2.24) is 0 Å². The van der Waals surface area contributed by atoms with Crippen LogP contribution in [0.3, 0.4) is 0 Å². The lowest BCUT2D eigenvalue weighted by molar-refractivity contribution is 0.211. The molecule has 3 heteroatoms. The van der Waals surface area contributed by atoms with E-state index in [1.165, 1.54) is 5.56 Å². The van der Waals surface area contributed by atoms with Gasteiger partial charge in [-0.05, 0) is 48.2 Å². The van der Waals surface area contributed by atoms with Gasteiger partial charge in [-0.2, -0.15) is 0 Å². The zero-order valence-electron chi connectivity index (χ0n) is 11.6. The Hall–Kier alpha value is -2.00. The highest BCUT2D eigenvalue weighted by Gasteiger charge is 2.38. The molecule has 104 valence electrons. The molecule has 0 fully saturated rings. The van der Waals surface area contributed by atoms with Gasteiger partial charge in [0.1, 0.15) is 5.75 Å². The summed E-state index contributed by atoms with van der Waals surface area (Å²) >= 11 is 0. The summed E-state index contributed by atoms with van der Waals surface area (Å²) in [5.41, 5.74) is 3.04. The minimum absolute atomic E-state index is 0.0715. The second kappa shape index (κ2) is 5.17. The molecule has 2 aromatic rings. The van der Waals surface area contributed by atoms with E-state index in [4.69, 9.17) is 4.74 Å². The van der Waals surface area contributed by atoms with E-state index in [2.05, 4.69) is 11.4 Å². The van der Waals surface area contributed by atoms with E-state index < -0.39 is 5.54 Å². The Morgan fingerprint density at radius 2 is 2.00 bits per heavy atom. The van der Waals surface area contributed by atoms with Gasteiger partial charge in [0.05, 0.1) is 19.3 Å². The fourth-order valence-electron chi connectivity index (χ4n) is 2.96. The van der Waals surface area contributed by atoms with Gasteiger partial charge in [0, 0.05) is 5.69 Å². The number of fused-ring (bicyclic) bond motifs is 1. The molecule has 1 atom stereocenters. The smallest absolute Gasteiger partial charge is 0.119 e. The first kappa shape index (κ1) is 13.0. The van der Waals surface area contributed by atoms with Crippen molar-refractivity contribution in [3.63, 3.8) is 0 Å². The summed E-state index contributed by atoms with van der Waals surface area (Å²) in [7, 11) is 1.67. The molecule has 0 aliphatic heterocycles. The number of aliphatic hydroxyl groups is 1. The Kier molecular flexibility index (Phi) is 3.36. The number of para-hydroxylation sites is 1. The molecule has 1 aliphatic carbocycles. The van der Waals surface area contributed by atoms with E-state index in [1.807, 2.05) is 42.5 Å². The summed E-state index contributed by atoms with van der Waals surface area (Å²) in [5, 5.41) is 13.5. The average Bonchev–Trinajstić information content (AvgIpc) is 2.87. The molecule has 1 aliphatic rings. The SMILES string of the molecule is COc1ccc2c(c1)C(CO)(Nc1ccccc1)CC2. The number of methoxy groups -OCH3 is 1. The van der Waals surface area contributed by atoms with Gasteiger partial charge in [0.2, 0.25) is 0 Å².